The lowest BCUT2D eigenvalue weighted by molar-refractivity contribution is -0.134. The Morgan fingerprint density at radius 3 is 2.44 bits per heavy atom. The molecule has 3 rings (SSSR count). The van der Waals surface area contributed by atoms with Crippen LogP contribution >= 0.6 is 0 Å². The number of carbonyl (C=O) groups is 1. The van der Waals surface area contributed by atoms with Crippen LogP contribution in [0.3, 0.4) is 0 Å². The fraction of sp³-hybridized carbons (Fsp3) is 0.667. The smallest absolute Gasteiger partial charge is 0.236 e. The molecule has 4 nitrogen and oxygen atoms in total. The first-order valence-electron chi connectivity index (χ1n) is 9.74. The number of amides is 1. The molecule has 2 heterocycles. The van der Waals surface area contributed by atoms with E-state index in [1.54, 1.807) is 0 Å². The number of likely N-dealkylation sites (tertiary alicyclic amines) is 2. The molecule has 1 unspecified atom stereocenters. The maximum Gasteiger partial charge on any atom is 0.236 e. The molecule has 2 aliphatic rings. The van der Waals surface area contributed by atoms with Gasteiger partial charge in [0.25, 0.3) is 0 Å². The predicted octanol–water partition coefficient (Wildman–Crippen LogP) is 2.53. The van der Waals surface area contributed by atoms with Gasteiger partial charge in [0, 0.05) is 32.2 Å². The molecule has 1 amide bonds. The van der Waals surface area contributed by atoms with Gasteiger partial charge >= 0.3 is 0 Å². The van der Waals surface area contributed by atoms with Crippen molar-refractivity contribution in [2.45, 2.75) is 45.6 Å². The Bertz CT molecular complexity index is 564. The molecule has 0 aliphatic carbocycles. The second-order valence-electron chi connectivity index (χ2n) is 8.61. The number of piperidine rings is 2. The molecule has 4 heteroatoms. The lowest BCUT2D eigenvalue weighted by atomic mass is 9.80. The van der Waals surface area contributed by atoms with Crippen LogP contribution in [0.2, 0.25) is 0 Å². The summed E-state index contributed by atoms with van der Waals surface area (Å²) in [6.45, 7) is 8.66. The summed E-state index contributed by atoms with van der Waals surface area (Å²) in [5, 5.41) is 0. The maximum absolute atomic E-state index is 12.7. The fourth-order valence-electron chi connectivity index (χ4n) is 4.25. The summed E-state index contributed by atoms with van der Waals surface area (Å²) in [5.74, 6) is 1.00. The van der Waals surface area contributed by atoms with Crippen molar-refractivity contribution in [1.29, 1.82) is 0 Å². The molecule has 2 N–H and O–H groups in total. The topological polar surface area (TPSA) is 49.6 Å². The lowest BCUT2D eigenvalue weighted by Crippen LogP contribution is -2.55. The second kappa shape index (κ2) is 7.88. The molecule has 2 aliphatic heterocycles. The fourth-order valence-corrected chi connectivity index (χ4v) is 4.25. The highest BCUT2D eigenvalue weighted by Crippen LogP contribution is 2.28. The standard InChI is InChI=1S/C21H33N3O/c1-21(2)16-23(11-10-19(21)22)15-20(25)24-12-8-18(9-13-24)14-17-6-4-3-5-7-17/h3-7,18-19H,8-16,22H2,1-2H3. The van der Waals surface area contributed by atoms with Crippen LogP contribution in [0.5, 0.6) is 0 Å². The van der Waals surface area contributed by atoms with Crippen LogP contribution in [0.4, 0.5) is 0 Å². The van der Waals surface area contributed by atoms with Crippen molar-refractivity contribution in [1.82, 2.24) is 9.80 Å². The number of nitrogens with zero attached hydrogens (tertiary/aromatic N) is 2. The van der Waals surface area contributed by atoms with Gasteiger partial charge in [-0.2, -0.15) is 0 Å². The predicted molar refractivity (Wildman–Crippen MR) is 102 cm³/mol. The molecule has 0 saturated carbocycles. The summed E-state index contributed by atoms with van der Waals surface area (Å²) in [6, 6.07) is 11.0. The first kappa shape index (κ1) is 18.4. The number of hydrogen-bond donors (Lipinski definition) is 1. The number of hydrogen-bond acceptors (Lipinski definition) is 3. The first-order valence-corrected chi connectivity index (χ1v) is 9.74. The van der Waals surface area contributed by atoms with Crippen molar-refractivity contribution in [3.8, 4) is 0 Å². The van der Waals surface area contributed by atoms with E-state index in [9.17, 15) is 4.79 Å². The Hall–Kier alpha value is -1.39. The van der Waals surface area contributed by atoms with E-state index in [-0.39, 0.29) is 11.5 Å². The molecule has 0 bridgehead atoms. The van der Waals surface area contributed by atoms with Gasteiger partial charge in [-0.05, 0) is 42.6 Å². The zero-order valence-corrected chi connectivity index (χ0v) is 15.8. The Labute approximate surface area is 152 Å². The summed E-state index contributed by atoms with van der Waals surface area (Å²) < 4.78 is 0. The van der Waals surface area contributed by atoms with Gasteiger partial charge in [-0.25, -0.2) is 0 Å². The Morgan fingerprint density at radius 2 is 1.80 bits per heavy atom. The molecule has 138 valence electrons. The summed E-state index contributed by atoms with van der Waals surface area (Å²) in [5.41, 5.74) is 7.72. The van der Waals surface area contributed by atoms with Crippen LogP contribution in [0.25, 0.3) is 0 Å². The first-order chi connectivity index (χ1) is 11.9. The van der Waals surface area contributed by atoms with E-state index in [0.29, 0.717) is 18.4 Å². The number of carbonyl (C=O) groups excluding carboxylic acids is 1. The molecule has 1 aromatic rings. The maximum atomic E-state index is 12.7. The van der Waals surface area contributed by atoms with Crippen molar-refractivity contribution in [3.63, 3.8) is 0 Å². The molecule has 25 heavy (non-hydrogen) atoms. The van der Waals surface area contributed by atoms with Gasteiger partial charge in [0.05, 0.1) is 6.54 Å². The van der Waals surface area contributed by atoms with Crippen LogP contribution in [0.1, 0.15) is 38.7 Å². The molecule has 1 atom stereocenters. The van der Waals surface area contributed by atoms with Gasteiger partial charge < -0.3 is 10.6 Å². The van der Waals surface area contributed by atoms with Crippen LogP contribution in [0, 0.1) is 11.3 Å². The zero-order valence-electron chi connectivity index (χ0n) is 15.8. The van der Waals surface area contributed by atoms with E-state index >= 15 is 0 Å². The number of benzene rings is 1. The van der Waals surface area contributed by atoms with E-state index in [1.807, 2.05) is 0 Å². The molecular weight excluding hydrogens is 310 g/mol. The van der Waals surface area contributed by atoms with Crippen molar-refractivity contribution in [3.05, 3.63) is 35.9 Å². The molecule has 0 aromatic heterocycles. The van der Waals surface area contributed by atoms with Crippen LogP contribution in [-0.4, -0.2) is 54.5 Å². The van der Waals surface area contributed by atoms with Crippen LogP contribution < -0.4 is 5.73 Å². The monoisotopic (exact) mass is 343 g/mol. The molecule has 0 radical (unpaired) electrons. The molecule has 2 saturated heterocycles. The molecular formula is C21H33N3O. The summed E-state index contributed by atoms with van der Waals surface area (Å²) in [4.78, 5) is 17.0. The van der Waals surface area contributed by atoms with Gasteiger partial charge in [0.15, 0.2) is 0 Å². The van der Waals surface area contributed by atoms with Crippen molar-refractivity contribution in [2.75, 3.05) is 32.7 Å². The van der Waals surface area contributed by atoms with E-state index in [2.05, 4.69) is 54.0 Å². The number of nitrogens with two attached hydrogens (primary N) is 1. The third-order valence-corrected chi connectivity index (χ3v) is 6.08. The highest BCUT2D eigenvalue weighted by molar-refractivity contribution is 5.78. The largest absolute Gasteiger partial charge is 0.342 e. The minimum Gasteiger partial charge on any atom is -0.342 e. The third-order valence-electron chi connectivity index (χ3n) is 6.08. The van der Waals surface area contributed by atoms with E-state index in [0.717, 1.165) is 51.9 Å². The summed E-state index contributed by atoms with van der Waals surface area (Å²) >= 11 is 0. The van der Waals surface area contributed by atoms with Gasteiger partial charge in [0.1, 0.15) is 0 Å². The van der Waals surface area contributed by atoms with Crippen LogP contribution in [-0.2, 0) is 11.2 Å². The molecule has 0 spiro atoms. The summed E-state index contributed by atoms with van der Waals surface area (Å²) in [7, 11) is 0. The molecule has 1 aromatic carbocycles. The van der Waals surface area contributed by atoms with Crippen molar-refractivity contribution in [2.24, 2.45) is 17.1 Å². The molecule has 2 fully saturated rings. The second-order valence-corrected chi connectivity index (χ2v) is 8.61. The zero-order chi connectivity index (χ0) is 17.9. The lowest BCUT2D eigenvalue weighted by Gasteiger charge is -2.43. The van der Waals surface area contributed by atoms with Gasteiger partial charge in [-0.15, -0.1) is 0 Å². The van der Waals surface area contributed by atoms with Gasteiger partial charge in [0.2, 0.25) is 5.91 Å². The minimum absolute atomic E-state index is 0.0984. The number of rotatable bonds is 4. The SMILES string of the molecule is CC1(C)CN(CC(=O)N2CCC(Cc3ccccc3)CC2)CCC1N. The van der Waals surface area contributed by atoms with Gasteiger partial charge in [-0.1, -0.05) is 44.2 Å². The normalized spacial score (nSPS) is 25.1. The highest BCUT2D eigenvalue weighted by Gasteiger charge is 2.34. The average molecular weight is 344 g/mol. The van der Waals surface area contributed by atoms with E-state index in [1.165, 1.54) is 5.56 Å². The van der Waals surface area contributed by atoms with Crippen LogP contribution in [0.15, 0.2) is 30.3 Å². The van der Waals surface area contributed by atoms with E-state index in [4.69, 9.17) is 5.73 Å². The Balaban J connectivity index is 1.44. The highest BCUT2D eigenvalue weighted by atomic mass is 16.2. The Morgan fingerprint density at radius 1 is 1.12 bits per heavy atom. The van der Waals surface area contributed by atoms with Gasteiger partial charge in [-0.3, -0.25) is 9.69 Å². The minimum atomic E-state index is 0.0984. The Kier molecular flexibility index (Phi) is 5.80. The van der Waals surface area contributed by atoms with Crippen molar-refractivity contribution >= 4 is 5.91 Å². The third kappa shape index (κ3) is 4.83. The van der Waals surface area contributed by atoms with E-state index < -0.39 is 0 Å². The average Bonchev–Trinajstić information content (AvgIpc) is 2.59. The quantitative estimate of drug-likeness (QED) is 0.914. The van der Waals surface area contributed by atoms with Crippen molar-refractivity contribution < 1.29 is 4.79 Å². The summed E-state index contributed by atoms with van der Waals surface area (Å²) in [6.07, 6.45) is 4.37.